The van der Waals surface area contributed by atoms with Gasteiger partial charge in [0.1, 0.15) is 5.69 Å². The highest BCUT2D eigenvalue weighted by Gasteiger charge is 2.11. The van der Waals surface area contributed by atoms with Gasteiger partial charge in [-0.25, -0.2) is 9.97 Å². The van der Waals surface area contributed by atoms with E-state index in [-0.39, 0.29) is 5.91 Å². The maximum absolute atomic E-state index is 12.5. The first kappa shape index (κ1) is 17.9. The summed E-state index contributed by atoms with van der Waals surface area (Å²) in [6, 6.07) is 15.1. The second-order valence-corrected chi connectivity index (χ2v) is 6.46. The zero-order valence-electron chi connectivity index (χ0n) is 14.6. The zero-order valence-corrected chi connectivity index (χ0v) is 15.3. The highest BCUT2D eigenvalue weighted by atomic mass is 35.5. The standard InChI is InChI=1S/C20H19ClN4O/c1-13-4-3-5-15(10-13)12-23-20-22-9-8-18(25-20)19(26)24-17-7-6-16(21)11-14(17)2/h3-11H,12H2,1-2H3,(H,24,26)(H,22,23,25). The van der Waals surface area contributed by atoms with E-state index in [1.807, 2.05) is 32.0 Å². The lowest BCUT2D eigenvalue weighted by atomic mass is 10.1. The number of hydrogen-bond acceptors (Lipinski definition) is 4. The van der Waals surface area contributed by atoms with Gasteiger partial charge in [-0.1, -0.05) is 41.4 Å². The summed E-state index contributed by atoms with van der Waals surface area (Å²) in [5.41, 5.74) is 4.20. The first-order chi connectivity index (χ1) is 12.5. The van der Waals surface area contributed by atoms with Crippen molar-refractivity contribution >= 4 is 29.1 Å². The van der Waals surface area contributed by atoms with Crippen molar-refractivity contribution in [2.45, 2.75) is 20.4 Å². The summed E-state index contributed by atoms with van der Waals surface area (Å²) in [6.07, 6.45) is 1.56. The van der Waals surface area contributed by atoms with E-state index < -0.39 is 0 Å². The smallest absolute Gasteiger partial charge is 0.274 e. The van der Waals surface area contributed by atoms with Crippen LogP contribution in [0.4, 0.5) is 11.6 Å². The van der Waals surface area contributed by atoms with E-state index in [1.54, 1.807) is 30.5 Å². The summed E-state index contributed by atoms with van der Waals surface area (Å²) in [4.78, 5) is 20.9. The van der Waals surface area contributed by atoms with E-state index in [0.29, 0.717) is 28.9 Å². The topological polar surface area (TPSA) is 66.9 Å². The SMILES string of the molecule is Cc1cccc(CNc2nccc(C(=O)Nc3ccc(Cl)cc3C)n2)c1. The molecule has 0 spiro atoms. The fraction of sp³-hybridized carbons (Fsp3) is 0.150. The van der Waals surface area contributed by atoms with Gasteiger partial charge in [-0.05, 0) is 49.2 Å². The zero-order chi connectivity index (χ0) is 18.5. The van der Waals surface area contributed by atoms with Gasteiger partial charge in [0.25, 0.3) is 5.91 Å². The van der Waals surface area contributed by atoms with Crippen molar-refractivity contribution in [2.75, 3.05) is 10.6 Å². The largest absolute Gasteiger partial charge is 0.350 e. The van der Waals surface area contributed by atoms with Gasteiger partial charge in [0, 0.05) is 23.5 Å². The monoisotopic (exact) mass is 366 g/mol. The second-order valence-electron chi connectivity index (χ2n) is 6.02. The van der Waals surface area contributed by atoms with Gasteiger partial charge >= 0.3 is 0 Å². The molecule has 0 fully saturated rings. The first-order valence-electron chi connectivity index (χ1n) is 8.21. The molecule has 3 rings (SSSR count). The molecule has 5 nitrogen and oxygen atoms in total. The Morgan fingerprint density at radius 3 is 2.73 bits per heavy atom. The van der Waals surface area contributed by atoms with Crippen LogP contribution in [-0.2, 0) is 6.54 Å². The molecule has 2 N–H and O–H groups in total. The van der Waals surface area contributed by atoms with Crippen molar-refractivity contribution < 1.29 is 4.79 Å². The van der Waals surface area contributed by atoms with Crippen LogP contribution in [0.25, 0.3) is 0 Å². The van der Waals surface area contributed by atoms with Crippen molar-refractivity contribution in [1.29, 1.82) is 0 Å². The van der Waals surface area contributed by atoms with Crippen molar-refractivity contribution in [3.63, 3.8) is 0 Å². The summed E-state index contributed by atoms with van der Waals surface area (Å²) in [7, 11) is 0. The molecule has 3 aromatic rings. The van der Waals surface area contributed by atoms with Crippen LogP contribution in [0.15, 0.2) is 54.7 Å². The molecule has 0 unspecified atom stereocenters. The van der Waals surface area contributed by atoms with Crippen LogP contribution >= 0.6 is 11.6 Å². The van der Waals surface area contributed by atoms with E-state index in [4.69, 9.17) is 11.6 Å². The minimum absolute atomic E-state index is 0.293. The highest BCUT2D eigenvalue weighted by molar-refractivity contribution is 6.30. The summed E-state index contributed by atoms with van der Waals surface area (Å²) < 4.78 is 0. The fourth-order valence-electron chi connectivity index (χ4n) is 2.53. The molecule has 0 saturated carbocycles. The molecule has 26 heavy (non-hydrogen) atoms. The van der Waals surface area contributed by atoms with Gasteiger partial charge in [0.05, 0.1) is 0 Å². The van der Waals surface area contributed by atoms with E-state index in [0.717, 1.165) is 11.1 Å². The van der Waals surface area contributed by atoms with Gasteiger partial charge in [-0.2, -0.15) is 0 Å². The third kappa shape index (κ3) is 4.58. The molecule has 1 heterocycles. The average Bonchev–Trinajstić information content (AvgIpc) is 2.62. The molecule has 0 bridgehead atoms. The third-order valence-corrected chi connectivity index (χ3v) is 4.09. The molecular weight excluding hydrogens is 348 g/mol. The Morgan fingerprint density at radius 2 is 1.96 bits per heavy atom. The Balaban J connectivity index is 1.69. The van der Waals surface area contributed by atoms with Crippen molar-refractivity contribution in [1.82, 2.24) is 9.97 Å². The maximum Gasteiger partial charge on any atom is 0.274 e. The number of nitrogens with one attached hydrogen (secondary N) is 2. The van der Waals surface area contributed by atoms with Crippen LogP contribution in [0.5, 0.6) is 0 Å². The number of hydrogen-bond donors (Lipinski definition) is 2. The second kappa shape index (κ2) is 7.97. The van der Waals surface area contributed by atoms with Gasteiger partial charge in [-0.3, -0.25) is 4.79 Å². The van der Waals surface area contributed by atoms with Crippen molar-refractivity contribution in [2.24, 2.45) is 0 Å². The molecule has 132 valence electrons. The molecular formula is C20H19ClN4O. The van der Waals surface area contributed by atoms with Crippen LogP contribution in [0.3, 0.4) is 0 Å². The maximum atomic E-state index is 12.5. The number of amides is 1. The number of carbonyl (C=O) groups is 1. The Hall–Kier alpha value is -2.92. The molecule has 0 atom stereocenters. The Kier molecular flexibility index (Phi) is 5.49. The number of aryl methyl sites for hydroxylation is 2. The number of anilines is 2. The van der Waals surface area contributed by atoms with Crippen LogP contribution in [0.2, 0.25) is 5.02 Å². The number of halogens is 1. The van der Waals surface area contributed by atoms with E-state index >= 15 is 0 Å². The van der Waals surface area contributed by atoms with Gasteiger partial charge < -0.3 is 10.6 Å². The lowest BCUT2D eigenvalue weighted by Crippen LogP contribution is -2.16. The fourth-order valence-corrected chi connectivity index (χ4v) is 2.75. The molecule has 0 aliphatic heterocycles. The summed E-state index contributed by atoms with van der Waals surface area (Å²) in [6.45, 7) is 4.52. The Labute approximate surface area is 157 Å². The number of nitrogens with zero attached hydrogens (tertiary/aromatic N) is 2. The summed E-state index contributed by atoms with van der Waals surface area (Å²) in [5, 5.41) is 6.62. The molecule has 1 amide bonds. The van der Waals surface area contributed by atoms with E-state index in [1.165, 1.54) is 5.56 Å². The third-order valence-electron chi connectivity index (χ3n) is 3.86. The minimum atomic E-state index is -0.295. The highest BCUT2D eigenvalue weighted by Crippen LogP contribution is 2.20. The summed E-state index contributed by atoms with van der Waals surface area (Å²) >= 11 is 5.94. The van der Waals surface area contributed by atoms with Crippen molar-refractivity contribution in [3.8, 4) is 0 Å². The molecule has 0 aliphatic rings. The number of benzene rings is 2. The van der Waals surface area contributed by atoms with Crippen LogP contribution in [-0.4, -0.2) is 15.9 Å². The molecule has 0 radical (unpaired) electrons. The van der Waals surface area contributed by atoms with Crippen LogP contribution in [0, 0.1) is 13.8 Å². The molecule has 1 aromatic heterocycles. The molecule has 2 aromatic carbocycles. The van der Waals surface area contributed by atoms with Gasteiger partial charge in [0.2, 0.25) is 5.95 Å². The number of aromatic nitrogens is 2. The average molecular weight is 367 g/mol. The van der Waals surface area contributed by atoms with Crippen molar-refractivity contribution in [3.05, 3.63) is 82.1 Å². The van der Waals surface area contributed by atoms with Crippen LogP contribution in [0.1, 0.15) is 27.2 Å². The lowest BCUT2D eigenvalue weighted by Gasteiger charge is -2.10. The van der Waals surface area contributed by atoms with Gasteiger partial charge in [-0.15, -0.1) is 0 Å². The molecule has 0 saturated heterocycles. The predicted octanol–water partition coefficient (Wildman–Crippen LogP) is 4.61. The number of rotatable bonds is 5. The first-order valence-corrected chi connectivity index (χ1v) is 8.59. The van der Waals surface area contributed by atoms with Gasteiger partial charge in [0.15, 0.2) is 0 Å². The van der Waals surface area contributed by atoms with Crippen LogP contribution < -0.4 is 10.6 Å². The minimum Gasteiger partial charge on any atom is -0.350 e. The molecule has 6 heteroatoms. The molecule has 0 aliphatic carbocycles. The lowest BCUT2D eigenvalue weighted by molar-refractivity contribution is 0.102. The quantitative estimate of drug-likeness (QED) is 0.691. The predicted molar refractivity (Wildman–Crippen MR) is 105 cm³/mol. The van der Waals surface area contributed by atoms with E-state index in [9.17, 15) is 4.79 Å². The normalized spacial score (nSPS) is 10.4. The Morgan fingerprint density at radius 1 is 1.12 bits per heavy atom. The van der Waals surface area contributed by atoms with E-state index in [2.05, 4.69) is 26.7 Å². The summed E-state index contributed by atoms with van der Waals surface area (Å²) in [5.74, 6) is 0.114. The number of carbonyl (C=O) groups excluding carboxylic acids is 1. The Bertz CT molecular complexity index is 943.